The maximum absolute atomic E-state index is 3.80. The minimum atomic E-state index is 0.645. The molecule has 0 N–H and O–H groups in total. The first-order chi connectivity index (χ1) is 15.2. The van der Waals surface area contributed by atoms with E-state index in [4.69, 9.17) is 0 Å². The third-order valence-corrected chi connectivity index (χ3v) is 5.60. The molecular formula is C32H56. The molecule has 0 aromatic rings. The van der Waals surface area contributed by atoms with Crippen LogP contribution in [0.25, 0.3) is 0 Å². The van der Waals surface area contributed by atoms with Crippen LogP contribution < -0.4 is 0 Å². The largest absolute Gasteiger partial charge is 0.103 e. The van der Waals surface area contributed by atoms with Crippen LogP contribution in [0.4, 0.5) is 0 Å². The number of rotatable bonds is 15. The Morgan fingerprint density at radius 1 is 0.656 bits per heavy atom. The molecule has 0 radical (unpaired) electrons. The second kappa shape index (κ2) is 22.6. The van der Waals surface area contributed by atoms with E-state index >= 15 is 0 Å². The zero-order valence-corrected chi connectivity index (χ0v) is 23.3. The third kappa shape index (κ3) is 24.7. The number of allylic oxidation sites excluding steroid dienone is 11. The van der Waals surface area contributed by atoms with Gasteiger partial charge in [-0.25, -0.2) is 0 Å². The summed E-state index contributed by atoms with van der Waals surface area (Å²) in [5.41, 5.74) is 7.51. The Balaban J connectivity index is 0. The second-order valence-electron chi connectivity index (χ2n) is 9.69. The van der Waals surface area contributed by atoms with Crippen molar-refractivity contribution in [2.75, 3.05) is 0 Å². The van der Waals surface area contributed by atoms with Gasteiger partial charge in [-0.05, 0) is 112 Å². The molecule has 1 unspecified atom stereocenters. The smallest absolute Gasteiger partial charge is 0.0262 e. The lowest BCUT2D eigenvalue weighted by atomic mass is 10.0. The Kier molecular flexibility index (Phi) is 23.1. The third-order valence-electron chi connectivity index (χ3n) is 5.60. The van der Waals surface area contributed by atoms with E-state index in [9.17, 15) is 0 Å². The summed E-state index contributed by atoms with van der Waals surface area (Å²) in [5.74, 6) is 0.645. The summed E-state index contributed by atoms with van der Waals surface area (Å²) in [6, 6.07) is 0. The highest BCUT2D eigenvalue weighted by molar-refractivity contribution is 5.06. The first-order valence-corrected chi connectivity index (χ1v) is 13.0. The minimum absolute atomic E-state index is 0.645. The maximum atomic E-state index is 3.80. The van der Waals surface area contributed by atoms with Crippen LogP contribution in [-0.2, 0) is 0 Å². The molecule has 0 saturated carbocycles. The van der Waals surface area contributed by atoms with Crippen molar-refractivity contribution >= 4 is 0 Å². The summed E-state index contributed by atoms with van der Waals surface area (Å²) in [7, 11) is 0. The van der Waals surface area contributed by atoms with E-state index in [1.807, 2.05) is 6.08 Å². The molecule has 32 heavy (non-hydrogen) atoms. The van der Waals surface area contributed by atoms with Gasteiger partial charge in [0.1, 0.15) is 0 Å². The molecule has 0 aliphatic heterocycles. The zero-order chi connectivity index (χ0) is 24.8. The van der Waals surface area contributed by atoms with Crippen LogP contribution in [0.2, 0.25) is 0 Å². The zero-order valence-electron chi connectivity index (χ0n) is 23.3. The molecule has 0 aromatic heterocycles. The van der Waals surface area contributed by atoms with Crippen molar-refractivity contribution in [3.8, 4) is 0 Å². The molecule has 0 nitrogen and oxygen atoms in total. The Labute approximate surface area is 203 Å². The van der Waals surface area contributed by atoms with E-state index in [2.05, 4.69) is 99.3 Å². The summed E-state index contributed by atoms with van der Waals surface area (Å²) < 4.78 is 0. The lowest BCUT2D eigenvalue weighted by Crippen LogP contribution is -1.87. The van der Waals surface area contributed by atoms with Gasteiger partial charge in [0.2, 0.25) is 0 Å². The van der Waals surface area contributed by atoms with E-state index in [0.717, 1.165) is 0 Å². The highest BCUT2D eigenvalue weighted by Gasteiger charge is 1.95. The van der Waals surface area contributed by atoms with Crippen LogP contribution >= 0.6 is 0 Å². The normalized spacial score (nSPS) is 13.1. The average Bonchev–Trinajstić information content (AvgIpc) is 2.72. The molecule has 0 amide bonds. The van der Waals surface area contributed by atoms with Gasteiger partial charge in [0.25, 0.3) is 0 Å². The van der Waals surface area contributed by atoms with Crippen LogP contribution in [0.15, 0.2) is 70.9 Å². The van der Waals surface area contributed by atoms with Crippen molar-refractivity contribution in [3.05, 3.63) is 70.9 Å². The summed E-state index contributed by atoms with van der Waals surface area (Å²) in [5, 5.41) is 0. The Morgan fingerprint density at radius 2 is 1.12 bits per heavy atom. The Bertz CT molecular complexity index is 610. The molecule has 0 aliphatic rings. The van der Waals surface area contributed by atoms with Crippen molar-refractivity contribution in [2.45, 2.75) is 127 Å². The van der Waals surface area contributed by atoms with E-state index in [-0.39, 0.29) is 0 Å². The SMILES string of the molecule is C=CC(C)CC/C=C(\C)CCC=C(C)C.CC/C=C(\CC)CC/C=C(\C)CCC=C(C)C. The molecular weight excluding hydrogens is 384 g/mol. The molecule has 0 heteroatoms. The van der Waals surface area contributed by atoms with Gasteiger partial charge >= 0.3 is 0 Å². The molecule has 0 aliphatic carbocycles. The fraction of sp³-hybridized carbons (Fsp3) is 0.625. The fourth-order valence-electron chi connectivity index (χ4n) is 3.31. The Morgan fingerprint density at radius 3 is 1.53 bits per heavy atom. The monoisotopic (exact) mass is 440 g/mol. The van der Waals surface area contributed by atoms with Crippen molar-refractivity contribution in [1.29, 1.82) is 0 Å². The van der Waals surface area contributed by atoms with Crippen LogP contribution in [-0.4, -0.2) is 0 Å². The topological polar surface area (TPSA) is 0 Å². The summed E-state index contributed by atoms with van der Waals surface area (Å²) in [6.45, 7) is 23.6. The van der Waals surface area contributed by atoms with Gasteiger partial charge < -0.3 is 0 Å². The highest BCUT2D eigenvalue weighted by Crippen LogP contribution is 2.14. The molecule has 1 atom stereocenters. The van der Waals surface area contributed by atoms with Gasteiger partial charge in [-0.15, -0.1) is 6.58 Å². The maximum Gasteiger partial charge on any atom is -0.0262 e. The van der Waals surface area contributed by atoms with Gasteiger partial charge in [-0.1, -0.05) is 85.1 Å². The standard InChI is InChI=1S/C17H30.C15H26/c1-6-10-17(7-2)14-9-13-16(5)12-8-11-15(3)4;1-6-14(4)10-8-12-15(5)11-7-9-13(2)3/h10-11,13H,6-9,12,14H2,1-5H3;6,9,12,14H,1,7-8,10-11H2,2-5H3/b16-13+,17-10+;15-12+. The Hall–Kier alpha value is -1.56. The van der Waals surface area contributed by atoms with E-state index in [1.165, 1.54) is 86.5 Å². The summed E-state index contributed by atoms with van der Waals surface area (Å²) >= 11 is 0. The number of hydrogen-bond donors (Lipinski definition) is 0. The molecule has 0 fully saturated rings. The van der Waals surface area contributed by atoms with Crippen molar-refractivity contribution < 1.29 is 0 Å². The summed E-state index contributed by atoms with van der Waals surface area (Å²) in [4.78, 5) is 0. The first kappa shape index (κ1) is 32.6. The lowest BCUT2D eigenvalue weighted by Gasteiger charge is -2.03. The molecule has 0 bridgehead atoms. The quantitative estimate of drug-likeness (QED) is 0.222. The van der Waals surface area contributed by atoms with Crippen molar-refractivity contribution in [3.63, 3.8) is 0 Å². The van der Waals surface area contributed by atoms with Gasteiger partial charge in [-0.3, -0.25) is 0 Å². The molecule has 0 rings (SSSR count). The fourth-order valence-corrected chi connectivity index (χ4v) is 3.31. The molecule has 0 saturated heterocycles. The van der Waals surface area contributed by atoms with E-state index in [0.29, 0.717) is 5.92 Å². The van der Waals surface area contributed by atoms with E-state index in [1.54, 1.807) is 5.57 Å². The van der Waals surface area contributed by atoms with Gasteiger partial charge in [-0.2, -0.15) is 0 Å². The first-order valence-electron chi connectivity index (χ1n) is 13.0. The molecule has 184 valence electrons. The van der Waals surface area contributed by atoms with Gasteiger partial charge in [0, 0.05) is 0 Å². The predicted octanol–water partition coefficient (Wildman–Crippen LogP) is 11.5. The van der Waals surface area contributed by atoms with E-state index < -0.39 is 0 Å². The number of hydrogen-bond acceptors (Lipinski definition) is 0. The summed E-state index contributed by atoms with van der Waals surface area (Å²) in [6.07, 6.45) is 25.9. The van der Waals surface area contributed by atoms with Crippen molar-refractivity contribution in [2.24, 2.45) is 5.92 Å². The minimum Gasteiger partial charge on any atom is -0.103 e. The van der Waals surface area contributed by atoms with Gasteiger partial charge in [0.05, 0.1) is 0 Å². The van der Waals surface area contributed by atoms with Crippen LogP contribution in [0, 0.1) is 5.92 Å². The predicted molar refractivity (Wildman–Crippen MR) is 151 cm³/mol. The average molecular weight is 441 g/mol. The second-order valence-corrected chi connectivity index (χ2v) is 9.69. The highest BCUT2D eigenvalue weighted by atomic mass is 14.0. The molecule has 0 heterocycles. The lowest BCUT2D eigenvalue weighted by molar-refractivity contribution is 0.656. The van der Waals surface area contributed by atoms with Crippen LogP contribution in [0.3, 0.4) is 0 Å². The molecule has 0 aromatic carbocycles. The van der Waals surface area contributed by atoms with Crippen LogP contribution in [0.5, 0.6) is 0 Å². The van der Waals surface area contributed by atoms with Crippen LogP contribution in [0.1, 0.15) is 127 Å². The van der Waals surface area contributed by atoms with Crippen molar-refractivity contribution in [1.82, 2.24) is 0 Å². The molecule has 0 spiro atoms. The van der Waals surface area contributed by atoms with Gasteiger partial charge in [0.15, 0.2) is 0 Å².